The minimum Gasteiger partial charge on any atom is -0.363 e. The van der Waals surface area contributed by atoms with Gasteiger partial charge in [-0.25, -0.2) is 0 Å². The highest BCUT2D eigenvalue weighted by molar-refractivity contribution is 5.51. The van der Waals surface area contributed by atoms with Gasteiger partial charge in [0.25, 0.3) is 0 Å². The van der Waals surface area contributed by atoms with Crippen LogP contribution < -0.4 is 10.2 Å². The Kier molecular flexibility index (Phi) is 4.74. The number of hydrogen-bond acceptors (Lipinski definition) is 3. The fourth-order valence-electron chi connectivity index (χ4n) is 3.13. The summed E-state index contributed by atoms with van der Waals surface area (Å²) >= 11 is 0. The van der Waals surface area contributed by atoms with Crippen LogP contribution in [0.5, 0.6) is 0 Å². The van der Waals surface area contributed by atoms with E-state index in [-0.39, 0.29) is 0 Å². The van der Waals surface area contributed by atoms with Crippen LogP contribution >= 0.6 is 0 Å². The standard InChI is InChI=1S/C16H30N4/c1-7-13-16(10-19(6)18-13)20-9-14(11(2)3)17-8-15(20)12(4)5/h10-12,14-15,17H,7-9H2,1-6H3. The van der Waals surface area contributed by atoms with E-state index in [1.807, 2.05) is 11.7 Å². The molecule has 0 saturated carbocycles. The van der Waals surface area contributed by atoms with Crippen molar-refractivity contribution < 1.29 is 0 Å². The third-order valence-corrected chi connectivity index (χ3v) is 4.48. The van der Waals surface area contributed by atoms with Crippen molar-refractivity contribution in [1.29, 1.82) is 0 Å². The molecule has 4 heteroatoms. The van der Waals surface area contributed by atoms with Crippen LogP contribution in [-0.4, -0.2) is 35.0 Å². The molecule has 1 aromatic rings. The number of anilines is 1. The van der Waals surface area contributed by atoms with Gasteiger partial charge in [0, 0.05) is 38.4 Å². The van der Waals surface area contributed by atoms with E-state index in [4.69, 9.17) is 0 Å². The smallest absolute Gasteiger partial charge is 0.0855 e. The fourth-order valence-corrected chi connectivity index (χ4v) is 3.13. The van der Waals surface area contributed by atoms with E-state index in [1.54, 1.807) is 0 Å². The van der Waals surface area contributed by atoms with Crippen LogP contribution in [0.1, 0.15) is 40.3 Å². The zero-order valence-corrected chi connectivity index (χ0v) is 13.8. The lowest BCUT2D eigenvalue weighted by Crippen LogP contribution is -2.60. The molecule has 1 aliphatic heterocycles. The number of nitrogens with one attached hydrogen (secondary N) is 1. The van der Waals surface area contributed by atoms with Crippen LogP contribution in [-0.2, 0) is 13.5 Å². The summed E-state index contributed by atoms with van der Waals surface area (Å²) in [5.74, 6) is 1.30. The van der Waals surface area contributed by atoms with Crippen molar-refractivity contribution in [1.82, 2.24) is 15.1 Å². The van der Waals surface area contributed by atoms with Crippen molar-refractivity contribution in [3.8, 4) is 0 Å². The molecule has 2 atom stereocenters. The molecule has 0 aromatic carbocycles. The van der Waals surface area contributed by atoms with Crippen LogP contribution in [0.4, 0.5) is 5.69 Å². The van der Waals surface area contributed by atoms with Gasteiger partial charge in [0.1, 0.15) is 0 Å². The lowest BCUT2D eigenvalue weighted by molar-refractivity contribution is 0.295. The van der Waals surface area contributed by atoms with Gasteiger partial charge in [-0.1, -0.05) is 34.6 Å². The topological polar surface area (TPSA) is 33.1 Å². The third-order valence-electron chi connectivity index (χ3n) is 4.48. The van der Waals surface area contributed by atoms with E-state index in [1.165, 1.54) is 11.4 Å². The van der Waals surface area contributed by atoms with Gasteiger partial charge in [-0.2, -0.15) is 5.10 Å². The Morgan fingerprint density at radius 2 is 2.00 bits per heavy atom. The number of aromatic nitrogens is 2. The Balaban J connectivity index is 2.31. The van der Waals surface area contributed by atoms with Crippen molar-refractivity contribution in [3.63, 3.8) is 0 Å². The highest BCUT2D eigenvalue weighted by Gasteiger charge is 2.32. The summed E-state index contributed by atoms with van der Waals surface area (Å²) in [6.07, 6.45) is 3.19. The van der Waals surface area contributed by atoms with Crippen molar-refractivity contribution >= 4 is 5.69 Å². The summed E-state index contributed by atoms with van der Waals surface area (Å²) in [6, 6.07) is 1.12. The summed E-state index contributed by atoms with van der Waals surface area (Å²) in [7, 11) is 2.02. The first-order valence-electron chi connectivity index (χ1n) is 7.96. The molecule has 1 aromatic heterocycles. The van der Waals surface area contributed by atoms with Crippen molar-refractivity contribution in [3.05, 3.63) is 11.9 Å². The number of hydrogen-bond donors (Lipinski definition) is 1. The SMILES string of the molecule is CCc1nn(C)cc1N1CC(C(C)C)NCC1C(C)C. The molecular weight excluding hydrogens is 248 g/mol. The third kappa shape index (κ3) is 3.00. The highest BCUT2D eigenvalue weighted by atomic mass is 15.3. The second-order valence-corrected chi connectivity index (χ2v) is 6.71. The zero-order chi connectivity index (χ0) is 14.9. The second kappa shape index (κ2) is 6.17. The van der Waals surface area contributed by atoms with Crippen molar-refractivity contribution in [2.45, 2.75) is 53.1 Å². The van der Waals surface area contributed by atoms with Gasteiger partial charge in [-0.3, -0.25) is 4.68 Å². The summed E-state index contributed by atoms with van der Waals surface area (Å²) in [5.41, 5.74) is 2.56. The van der Waals surface area contributed by atoms with E-state index in [2.05, 4.69) is 56.1 Å². The Bertz CT molecular complexity index is 436. The summed E-state index contributed by atoms with van der Waals surface area (Å²) in [5, 5.41) is 8.35. The highest BCUT2D eigenvalue weighted by Crippen LogP contribution is 2.28. The van der Waals surface area contributed by atoms with Crippen LogP contribution in [0.3, 0.4) is 0 Å². The molecule has 2 rings (SSSR count). The second-order valence-electron chi connectivity index (χ2n) is 6.71. The predicted octanol–water partition coefficient (Wildman–Crippen LogP) is 2.44. The van der Waals surface area contributed by atoms with Gasteiger partial charge in [-0.05, 0) is 18.3 Å². The normalized spacial score (nSPS) is 23.9. The molecule has 114 valence electrons. The molecule has 0 spiro atoms. The van der Waals surface area contributed by atoms with Gasteiger partial charge < -0.3 is 10.2 Å². The number of nitrogens with zero attached hydrogens (tertiary/aromatic N) is 3. The Labute approximate surface area is 123 Å². The van der Waals surface area contributed by atoms with Crippen LogP contribution in [0.25, 0.3) is 0 Å². The lowest BCUT2D eigenvalue weighted by Gasteiger charge is -2.44. The Morgan fingerprint density at radius 1 is 1.30 bits per heavy atom. The molecule has 20 heavy (non-hydrogen) atoms. The Hall–Kier alpha value is -1.03. The van der Waals surface area contributed by atoms with Gasteiger partial charge in [-0.15, -0.1) is 0 Å². The molecule has 1 fully saturated rings. The molecule has 0 bridgehead atoms. The van der Waals surface area contributed by atoms with Gasteiger partial charge in [0.05, 0.1) is 11.4 Å². The van der Waals surface area contributed by atoms with Crippen LogP contribution in [0.15, 0.2) is 6.20 Å². The molecule has 4 nitrogen and oxygen atoms in total. The van der Waals surface area contributed by atoms with E-state index >= 15 is 0 Å². The summed E-state index contributed by atoms with van der Waals surface area (Å²) in [6.45, 7) is 13.6. The predicted molar refractivity (Wildman–Crippen MR) is 85.2 cm³/mol. The van der Waals surface area contributed by atoms with Crippen LogP contribution in [0.2, 0.25) is 0 Å². The summed E-state index contributed by atoms with van der Waals surface area (Å²) < 4.78 is 1.96. The van der Waals surface area contributed by atoms with E-state index in [0.717, 1.165) is 19.5 Å². The Morgan fingerprint density at radius 3 is 2.55 bits per heavy atom. The first kappa shape index (κ1) is 15.4. The first-order chi connectivity index (χ1) is 9.43. The molecule has 0 aliphatic carbocycles. The van der Waals surface area contributed by atoms with Crippen LogP contribution in [0, 0.1) is 11.8 Å². The quantitative estimate of drug-likeness (QED) is 0.918. The average molecular weight is 278 g/mol. The molecule has 2 unspecified atom stereocenters. The van der Waals surface area contributed by atoms with Gasteiger partial charge >= 0.3 is 0 Å². The van der Waals surface area contributed by atoms with Crippen molar-refractivity contribution in [2.75, 3.05) is 18.0 Å². The minimum atomic E-state index is 0.555. The number of rotatable bonds is 4. The maximum absolute atomic E-state index is 4.62. The molecular formula is C16H30N4. The fraction of sp³-hybridized carbons (Fsp3) is 0.812. The van der Waals surface area contributed by atoms with E-state index in [0.29, 0.717) is 23.9 Å². The largest absolute Gasteiger partial charge is 0.363 e. The molecule has 0 amide bonds. The molecule has 1 aliphatic rings. The first-order valence-corrected chi connectivity index (χ1v) is 7.96. The van der Waals surface area contributed by atoms with Gasteiger partial charge in [0.15, 0.2) is 0 Å². The zero-order valence-electron chi connectivity index (χ0n) is 13.8. The monoisotopic (exact) mass is 278 g/mol. The summed E-state index contributed by atoms with van der Waals surface area (Å²) in [4.78, 5) is 2.59. The van der Waals surface area contributed by atoms with E-state index in [9.17, 15) is 0 Å². The van der Waals surface area contributed by atoms with E-state index < -0.39 is 0 Å². The number of piperazine rings is 1. The molecule has 0 radical (unpaired) electrons. The molecule has 1 saturated heterocycles. The lowest BCUT2D eigenvalue weighted by atomic mass is 9.93. The molecule has 1 N–H and O–H groups in total. The van der Waals surface area contributed by atoms with Crippen molar-refractivity contribution in [2.24, 2.45) is 18.9 Å². The average Bonchev–Trinajstić information content (AvgIpc) is 2.78. The van der Waals surface area contributed by atoms with Gasteiger partial charge in [0.2, 0.25) is 0 Å². The number of aryl methyl sites for hydroxylation is 2. The maximum atomic E-state index is 4.62. The molecule has 2 heterocycles. The maximum Gasteiger partial charge on any atom is 0.0855 e. The minimum absolute atomic E-state index is 0.555.